The lowest BCUT2D eigenvalue weighted by atomic mass is 9.97. The number of benzene rings is 2. The molecular weight excluding hydrogens is 442 g/mol. The molecule has 0 atom stereocenters. The van der Waals surface area contributed by atoms with Crippen LogP contribution in [-0.4, -0.2) is 52.1 Å². The number of aromatic nitrogens is 3. The second-order valence-corrected chi connectivity index (χ2v) is 8.82. The summed E-state index contributed by atoms with van der Waals surface area (Å²) in [5, 5.41) is 24.8. The van der Waals surface area contributed by atoms with Crippen LogP contribution < -0.4 is 4.90 Å². The maximum absolute atomic E-state index is 12.0. The van der Waals surface area contributed by atoms with Gasteiger partial charge in [0, 0.05) is 18.8 Å². The topological polar surface area (TPSA) is 104 Å². The van der Waals surface area contributed by atoms with E-state index < -0.39 is 5.97 Å². The van der Waals surface area contributed by atoms with Crippen LogP contribution in [0.25, 0.3) is 27.8 Å². The highest BCUT2D eigenvalue weighted by Gasteiger charge is 2.23. The predicted molar refractivity (Wildman–Crippen MR) is 133 cm³/mol. The van der Waals surface area contributed by atoms with Crippen LogP contribution >= 0.6 is 0 Å². The number of nitriles is 1. The van der Waals surface area contributed by atoms with Crippen molar-refractivity contribution < 1.29 is 14.6 Å². The zero-order valence-corrected chi connectivity index (χ0v) is 19.6. The molecule has 0 radical (unpaired) electrons. The minimum absolute atomic E-state index is 0.0577. The van der Waals surface area contributed by atoms with E-state index in [0.717, 1.165) is 41.0 Å². The predicted octanol–water partition coefficient (Wildman–Crippen LogP) is 4.62. The molecule has 0 saturated carbocycles. The van der Waals surface area contributed by atoms with Gasteiger partial charge in [0.1, 0.15) is 0 Å². The molecule has 3 heterocycles. The third-order valence-electron chi connectivity index (χ3n) is 6.21. The number of ether oxygens (including phenoxy) is 1. The van der Waals surface area contributed by atoms with Crippen molar-refractivity contribution in [2.45, 2.75) is 19.8 Å². The molecule has 1 fully saturated rings. The molecule has 2 aromatic carbocycles. The van der Waals surface area contributed by atoms with Crippen molar-refractivity contribution in [2.24, 2.45) is 0 Å². The van der Waals surface area contributed by atoms with Gasteiger partial charge in [-0.1, -0.05) is 32.0 Å². The number of rotatable bonds is 5. The number of carboxylic acid groups (broad SMARTS) is 1. The van der Waals surface area contributed by atoms with E-state index in [1.165, 1.54) is 0 Å². The van der Waals surface area contributed by atoms with Crippen LogP contribution in [0.15, 0.2) is 54.6 Å². The SMILES string of the molecule is CC(C)c1nn(-c2cccc(C#N)c2)c2nc(C(=O)O)cc(-c3ccc(N4CCOCC4)cc3)c12. The van der Waals surface area contributed by atoms with E-state index in [0.29, 0.717) is 30.1 Å². The lowest BCUT2D eigenvalue weighted by Gasteiger charge is -2.29. The maximum atomic E-state index is 12.0. The lowest BCUT2D eigenvalue weighted by molar-refractivity contribution is 0.0691. The van der Waals surface area contributed by atoms with Gasteiger partial charge < -0.3 is 14.7 Å². The first-order valence-electron chi connectivity index (χ1n) is 11.6. The highest BCUT2D eigenvalue weighted by atomic mass is 16.5. The van der Waals surface area contributed by atoms with Gasteiger partial charge in [-0.3, -0.25) is 0 Å². The monoisotopic (exact) mass is 467 g/mol. The minimum atomic E-state index is -1.11. The van der Waals surface area contributed by atoms with Gasteiger partial charge in [-0.05, 0) is 53.4 Å². The summed E-state index contributed by atoms with van der Waals surface area (Å²) in [4.78, 5) is 18.8. The van der Waals surface area contributed by atoms with Gasteiger partial charge in [0.2, 0.25) is 0 Å². The Morgan fingerprint density at radius 3 is 2.49 bits per heavy atom. The molecule has 35 heavy (non-hydrogen) atoms. The molecule has 8 nitrogen and oxygen atoms in total. The molecule has 0 aliphatic carbocycles. The summed E-state index contributed by atoms with van der Waals surface area (Å²) in [6, 6.07) is 19.0. The number of nitrogens with zero attached hydrogens (tertiary/aromatic N) is 5. The first-order valence-corrected chi connectivity index (χ1v) is 11.6. The Labute approximate surface area is 203 Å². The smallest absolute Gasteiger partial charge is 0.354 e. The van der Waals surface area contributed by atoms with E-state index >= 15 is 0 Å². The van der Waals surface area contributed by atoms with Crippen LogP contribution in [0.2, 0.25) is 0 Å². The minimum Gasteiger partial charge on any atom is -0.477 e. The number of morpholine rings is 1. The number of carboxylic acids is 1. The summed E-state index contributed by atoms with van der Waals surface area (Å²) in [5.41, 5.74) is 5.13. The first-order chi connectivity index (χ1) is 17.0. The Bertz CT molecular complexity index is 1440. The molecule has 5 rings (SSSR count). The van der Waals surface area contributed by atoms with Crippen LogP contribution in [-0.2, 0) is 4.74 Å². The van der Waals surface area contributed by atoms with Gasteiger partial charge in [-0.25, -0.2) is 14.5 Å². The number of fused-ring (bicyclic) bond motifs is 1. The van der Waals surface area contributed by atoms with Gasteiger partial charge in [0.15, 0.2) is 11.3 Å². The van der Waals surface area contributed by atoms with Crippen LogP contribution in [0.4, 0.5) is 5.69 Å². The number of pyridine rings is 1. The molecule has 4 aromatic rings. The first kappa shape index (κ1) is 22.6. The van der Waals surface area contributed by atoms with Crippen LogP contribution in [0, 0.1) is 11.3 Å². The van der Waals surface area contributed by atoms with Crippen molar-refractivity contribution in [2.75, 3.05) is 31.2 Å². The lowest BCUT2D eigenvalue weighted by Crippen LogP contribution is -2.36. The van der Waals surface area contributed by atoms with E-state index in [-0.39, 0.29) is 11.6 Å². The Morgan fingerprint density at radius 1 is 1.09 bits per heavy atom. The average Bonchev–Trinajstić information content (AvgIpc) is 3.29. The molecule has 8 heteroatoms. The fourth-order valence-corrected chi connectivity index (χ4v) is 4.44. The van der Waals surface area contributed by atoms with Crippen LogP contribution in [0.5, 0.6) is 0 Å². The Hall–Kier alpha value is -4.22. The van der Waals surface area contributed by atoms with E-state index in [1.807, 2.05) is 32.0 Å². The van der Waals surface area contributed by atoms with Crippen LogP contribution in [0.1, 0.15) is 41.5 Å². The molecule has 0 bridgehead atoms. The van der Waals surface area contributed by atoms with Crippen molar-refractivity contribution >= 4 is 22.7 Å². The van der Waals surface area contributed by atoms with Crippen molar-refractivity contribution in [1.29, 1.82) is 5.26 Å². The molecule has 0 unspecified atom stereocenters. The summed E-state index contributed by atoms with van der Waals surface area (Å²) in [5.74, 6) is -1.04. The highest BCUT2D eigenvalue weighted by Crippen LogP contribution is 2.36. The van der Waals surface area contributed by atoms with Gasteiger partial charge in [0.25, 0.3) is 0 Å². The fourth-order valence-electron chi connectivity index (χ4n) is 4.44. The van der Waals surface area contributed by atoms with E-state index in [9.17, 15) is 15.2 Å². The van der Waals surface area contributed by atoms with Gasteiger partial charge in [0.05, 0.1) is 41.6 Å². The van der Waals surface area contributed by atoms with Crippen molar-refractivity contribution in [3.05, 3.63) is 71.5 Å². The number of anilines is 1. The summed E-state index contributed by atoms with van der Waals surface area (Å²) < 4.78 is 7.10. The second-order valence-electron chi connectivity index (χ2n) is 8.82. The van der Waals surface area contributed by atoms with Gasteiger partial charge in [-0.2, -0.15) is 10.4 Å². The van der Waals surface area contributed by atoms with E-state index in [4.69, 9.17) is 9.84 Å². The average molecular weight is 468 g/mol. The normalized spacial score (nSPS) is 13.8. The highest BCUT2D eigenvalue weighted by molar-refractivity contribution is 6.00. The second kappa shape index (κ2) is 9.20. The summed E-state index contributed by atoms with van der Waals surface area (Å²) in [7, 11) is 0. The third kappa shape index (κ3) is 4.22. The zero-order chi connectivity index (χ0) is 24.5. The number of hydrogen-bond acceptors (Lipinski definition) is 6. The van der Waals surface area contributed by atoms with Gasteiger partial charge in [-0.15, -0.1) is 0 Å². The van der Waals surface area contributed by atoms with Gasteiger partial charge >= 0.3 is 5.97 Å². The molecular formula is C27H25N5O3. The van der Waals surface area contributed by atoms with E-state index in [1.54, 1.807) is 28.9 Å². The Balaban J connectivity index is 1.72. The number of aromatic carboxylic acids is 1. The zero-order valence-electron chi connectivity index (χ0n) is 19.6. The summed E-state index contributed by atoms with van der Waals surface area (Å²) >= 11 is 0. The van der Waals surface area contributed by atoms with Crippen molar-refractivity contribution in [1.82, 2.24) is 14.8 Å². The Morgan fingerprint density at radius 2 is 1.83 bits per heavy atom. The van der Waals surface area contributed by atoms with Crippen LogP contribution in [0.3, 0.4) is 0 Å². The molecule has 0 amide bonds. The maximum Gasteiger partial charge on any atom is 0.354 e. The van der Waals surface area contributed by atoms with Crippen molar-refractivity contribution in [3.63, 3.8) is 0 Å². The summed E-state index contributed by atoms with van der Waals surface area (Å²) in [6.07, 6.45) is 0. The molecule has 176 valence electrons. The number of hydrogen-bond donors (Lipinski definition) is 1. The number of carbonyl (C=O) groups is 1. The summed E-state index contributed by atoms with van der Waals surface area (Å²) in [6.45, 7) is 7.20. The van der Waals surface area contributed by atoms with E-state index in [2.05, 4.69) is 28.1 Å². The standard InChI is InChI=1S/C27H25N5O3/c1-17(2)25-24-22(19-6-8-20(9-7-19)31-10-12-35-13-11-31)15-23(27(33)34)29-26(24)32(30-25)21-5-3-4-18(14-21)16-28/h3-9,14-15,17H,10-13H2,1-2H3,(H,33,34). The molecule has 2 aromatic heterocycles. The molecule has 1 aliphatic heterocycles. The fraction of sp³-hybridized carbons (Fsp3) is 0.259. The molecule has 1 N–H and O–H groups in total. The molecule has 0 spiro atoms. The molecule has 1 saturated heterocycles. The Kier molecular flexibility index (Phi) is 5.93. The van der Waals surface area contributed by atoms with Crippen molar-refractivity contribution in [3.8, 4) is 22.9 Å². The third-order valence-corrected chi connectivity index (χ3v) is 6.21. The largest absolute Gasteiger partial charge is 0.477 e. The quantitative estimate of drug-likeness (QED) is 0.457. The molecule has 1 aliphatic rings.